The molecule has 76 valence electrons. The van der Waals surface area contributed by atoms with Crippen molar-refractivity contribution >= 4 is 34.0 Å². The maximum atomic E-state index is 3.95. The molecule has 2 aromatic heterocycles. The molecule has 0 atom stereocenters. The fourth-order valence-corrected chi connectivity index (χ4v) is 1.10. The minimum Gasteiger partial charge on any atom is -0.348 e. The van der Waals surface area contributed by atoms with Gasteiger partial charge < -0.3 is 4.98 Å². The normalized spacial score (nSPS) is 8.57. The van der Waals surface area contributed by atoms with Crippen LogP contribution < -0.4 is 0 Å². The SMILES string of the molecule is Br.Br.c1cc(Cc2cnc[nH]2)ccn1. The van der Waals surface area contributed by atoms with Gasteiger partial charge in [-0.1, -0.05) is 0 Å². The predicted octanol–water partition coefficient (Wildman–Crippen LogP) is 2.55. The topological polar surface area (TPSA) is 41.6 Å². The van der Waals surface area contributed by atoms with Crippen molar-refractivity contribution < 1.29 is 0 Å². The van der Waals surface area contributed by atoms with Gasteiger partial charge in [-0.25, -0.2) is 4.98 Å². The van der Waals surface area contributed by atoms with Crippen molar-refractivity contribution in [3.63, 3.8) is 0 Å². The van der Waals surface area contributed by atoms with Crippen LogP contribution in [0.25, 0.3) is 0 Å². The molecule has 0 amide bonds. The summed E-state index contributed by atoms with van der Waals surface area (Å²) in [5.41, 5.74) is 2.37. The molecule has 0 aliphatic heterocycles. The summed E-state index contributed by atoms with van der Waals surface area (Å²) in [7, 11) is 0. The van der Waals surface area contributed by atoms with Gasteiger partial charge in [0.05, 0.1) is 6.33 Å². The van der Waals surface area contributed by atoms with Gasteiger partial charge in [0, 0.05) is 30.7 Å². The third-order valence-electron chi connectivity index (χ3n) is 1.70. The van der Waals surface area contributed by atoms with Crippen LogP contribution in [0.5, 0.6) is 0 Å². The molecule has 0 unspecified atom stereocenters. The lowest BCUT2D eigenvalue weighted by Crippen LogP contribution is -1.87. The van der Waals surface area contributed by atoms with Gasteiger partial charge in [0.15, 0.2) is 0 Å². The third kappa shape index (κ3) is 3.59. The molecular formula is C9H11Br2N3. The summed E-state index contributed by atoms with van der Waals surface area (Å²) in [5.74, 6) is 0. The number of H-pyrrole nitrogens is 1. The second-order valence-electron chi connectivity index (χ2n) is 2.61. The average Bonchev–Trinajstić information content (AvgIpc) is 2.59. The molecule has 2 rings (SSSR count). The van der Waals surface area contributed by atoms with E-state index < -0.39 is 0 Å². The monoisotopic (exact) mass is 319 g/mol. The lowest BCUT2D eigenvalue weighted by Gasteiger charge is -1.95. The van der Waals surface area contributed by atoms with E-state index in [2.05, 4.69) is 15.0 Å². The molecule has 5 heteroatoms. The van der Waals surface area contributed by atoms with Gasteiger partial charge in [-0.15, -0.1) is 34.0 Å². The van der Waals surface area contributed by atoms with Gasteiger partial charge in [-0.3, -0.25) is 4.98 Å². The van der Waals surface area contributed by atoms with E-state index >= 15 is 0 Å². The summed E-state index contributed by atoms with van der Waals surface area (Å²) in [6.45, 7) is 0. The number of imidazole rings is 1. The van der Waals surface area contributed by atoms with Crippen molar-refractivity contribution in [2.45, 2.75) is 6.42 Å². The number of hydrogen-bond donors (Lipinski definition) is 1. The number of aromatic amines is 1. The molecule has 0 saturated heterocycles. The number of halogens is 2. The summed E-state index contributed by atoms with van der Waals surface area (Å²) < 4.78 is 0. The van der Waals surface area contributed by atoms with E-state index in [4.69, 9.17) is 0 Å². The Bertz CT molecular complexity index is 334. The van der Waals surface area contributed by atoms with Gasteiger partial charge >= 0.3 is 0 Å². The molecule has 0 saturated carbocycles. The first-order valence-electron chi connectivity index (χ1n) is 3.81. The molecule has 0 fully saturated rings. The van der Waals surface area contributed by atoms with Crippen LogP contribution in [0.3, 0.4) is 0 Å². The Kier molecular flexibility index (Phi) is 6.40. The molecule has 0 radical (unpaired) electrons. The van der Waals surface area contributed by atoms with Crippen molar-refractivity contribution in [2.75, 3.05) is 0 Å². The van der Waals surface area contributed by atoms with E-state index in [0.717, 1.165) is 12.1 Å². The highest BCUT2D eigenvalue weighted by Crippen LogP contribution is 2.03. The standard InChI is InChI=1S/C9H9N3.2BrH/c1-3-10-4-2-8(1)5-9-6-11-7-12-9;;/h1-4,6-7H,5H2,(H,11,12);2*1H. The number of nitrogens with zero attached hydrogens (tertiary/aromatic N) is 2. The maximum absolute atomic E-state index is 3.95. The molecule has 3 nitrogen and oxygen atoms in total. The van der Waals surface area contributed by atoms with Crippen LogP contribution in [0, 0.1) is 0 Å². The number of nitrogens with one attached hydrogen (secondary N) is 1. The van der Waals surface area contributed by atoms with Crippen LogP contribution in [0.15, 0.2) is 37.1 Å². The molecule has 0 aromatic carbocycles. The highest BCUT2D eigenvalue weighted by molar-refractivity contribution is 8.93. The van der Waals surface area contributed by atoms with Crippen LogP contribution in [0.2, 0.25) is 0 Å². The van der Waals surface area contributed by atoms with Gasteiger partial charge in [0.1, 0.15) is 0 Å². The fraction of sp³-hybridized carbons (Fsp3) is 0.111. The quantitative estimate of drug-likeness (QED) is 0.924. The number of aromatic nitrogens is 3. The van der Waals surface area contributed by atoms with E-state index in [1.165, 1.54) is 5.56 Å². The van der Waals surface area contributed by atoms with E-state index in [1.54, 1.807) is 18.7 Å². The number of hydrogen-bond acceptors (Lipinski definition) is 2. The Morgan fingerprint density at radius 2 is 1.79 bits per heavy atom. The van der Waals surface area contributed by atoms with Crippen LogP contribution in [-0.2, 0) is 6.42 Å². The van der Waals surface area contributed by atoms with Crippen molar-refractivity contribution in [1.82, 2.24) is 15.0 Å². The largest absolute Gasteiger partial charge is 0.348 e. The van der Waals surface area contributed by atoms with Crippen LogP contribution >= 0.6 is 34.0 Å². The van der Waals surface area contributed by atoms with E-state index in [-0.39, 0.29) is 34.0 Å². The molecule has 2 aromatic rings. The first-order valence-corrected chi connectivity index (χ1v) is 3.81. The van der Waals surface area contributed by atoms with E-state index in [1.807, 2.05) is 18.3 Å². The Morgan fingerprint density at radius 1 is 1.07 bits per heavy atom. The van der Waals surface area contributed by atoms with E-state index in [0.29, 0.717) is 0 Å². The van der Waals surface area contributed by atoms with Crippen LogP contribution in [0.4, 0.5) is 0 Å². The Balaban J connectivity index is 0.000000845. The number of rotatable bonds is 2. The molecule has 14 heavy (non-hydrogen) atoms. The Labute approximate surface area is 104 Å². The van der Waals surface area contributed by atoms with Gasteiger partial charge in [0.25, 0.3) is 0 Å². The molecule has 0 bridgehead atoms. The molecule has 2 heterocycles. The van der Waals surface area contributed by atoms with Crippen molar-refractivity contribution in [3.05, 3.63) is 48.3 Å². The first kappa shape index (κ1) is 13.3. The third-order valence-corrected chi connectivity index (χ3v) is 1.70. The van der Waals surface area contributed by atoms with E-state index in [9.17, 15) is 0 Å². The lowest BCUT2D eigenvalue weighted by atomic mass is 10.2. The summed E-state index contributed by atoms with van der Waals surface area (Å²) >= 11 is 0. The minimum absolute atomic E-state index is 0. The van der Waals surface area contributed by atoms with Crippen LogP contribution in [0.1, 0.15) is 11.3 Å². The lowest BCUT2D eigenvalue weighted by molar-refractivity contribution is 1.09. The summed E-state index contributed by atoms with van der Waals surface area (Å²) in [5, 5.41) is 0. The molecule has 1 N–H and O–H groups in total. The average molecular weight is 321 g/mol. The van der Waals surface area contributed by atoms with Crippen molar-refractivity contribution in [2.24, 2.45) is 0 Å². The van der Waals surface area contributed by atoms with Gasteiger partial charge in [0.2, 0.25) is 0 Å². The van der Waals surface area contributed by atoms with Crippen molar-refractivity contribution in [3.8, 4) is 0 Å². The molecule has 0 spiro atoms. The summed E-state index contributed by atoms with van der Waals surface area (Å²) in [4.78, 5) is 11.0. The minimum atomic E-state index is 0. The first-order chi connectivity index (χ1) is 5.95. The van der Waals surface area contributed by atoms with Gasteiger partial charge in [-0.05, 0) is 17.7 Å². The van der Waals surface area contributed by atoms with Gasteiger partial charge in [-0.2, -0.15) is 0 Å². The predicted molar refractivity (Wildman–Crippen MR) is 66.3 cm³/mol. The highest BCUT2D eigenvalue weighted by atomic mass is 79.9. The van der Waals surface area contributed by atoms with Crippen molar-refractivity contribution in [1.29, 1.82) is 0 Å². The Hall–Kier alpha value is -0.680. The molecule has 0 aliphatic rings. The Morgan fingerprint density at radius 3 is 2.36 bits per heavy atom. The highest BCUT2D eigenvalue weighted by Gasteiger charge is 1.94. The number of pyridine rings is 1. The maximum Gasteiger partial charge on any atom is 0.0921 e. The summed E-state index contributed by atoms with van der Waals surface area (Å²) in [6, 6.07) is 4.00. The molecule has 0 aliphatic carbocycles. The fourth-order valence-electron chi connectivity index (χ4n) is 1.10. The zero-order chi connectivity index (χ0) is 8.23. The smallest absolute Gasteiger partial charge is 0.0921 e. The zero-order valence-corrected chi connectivity index (χ0v) is 10.8. The second-order valence-corrected chi connectivity index (χ2v) is 2.61. The zero-order valence-electron chi connectivity index (χ0n) is 7.38. The summed E-state index contributed by atoms with van der Waals surface area (Å²) in [6.07, 6.45) is 8.01. The molecular weight excluding hydrogens is 310 g/mol. The second kappa shape index (κ2) is 6.73. The van der Waals surface area contributed by atoms with Crippen LogP contribution in [-0.4, -0.2) is 15.0 Å².